The fraction of sp³-hybridized carbons (Fsp3) is 0.444. The highest BCUT2D eigenvalue weighted by atomic mass is 16.5. The van der Waals surface area contributed by atoms with E-state index in [-0.39, 0.29) is 31.4 Å². The van der Waals surface area contributed by atoms with Crippen LogP contribution in [0.2, 0.25) is 0 Å². The number of carboxylic acids is 1. The summed E-state index contributed by atoms with van der Waals surface area (Å²) in [5.41, 5.74) is 3.85. The van der Waals surface area contributed by atoms with Crippen molar-refractivity contribution in [1.82, 2.24) is 10.6 Å². The summed E-state index contributed by atoms with van der Waals surface area (Å²) in [7, 11) is 0. The molecule has 2 aromatic carbocycles. The van der Waals surface area contributed by atoms with E-state index in [1.165, 1.54) is 11.1 Å². The molecule has 1 unspecified atom stereocenters. The van der Waals surface area contributed by atoms with Crippen molar-refractivity contribution < 1.29 is 29.0 Å². The molecule has 0 bridgehead atoms. The zero-order valence-electron chi connectivity index (χ0n) is 19.9. The summed E-state index contributed by atoms with van der Waals surface area (Å²) in [5.74, 6) is -1.57. The molecule has 0 spiro atoms. The number of rotatable bonds is 9. The molecule has 0 saturated carbocycles. The second-order valence-electron chi connectivity index (χ2n) is 9.39. The summed E-state index contributed by atoms with van der Waals surface area (Å²) in [6.07, 6.45) is 0.694. The lowest BCUT2D eigenvalue weighted by Crippen LogP contribution is -2.54. The van der Waals surface area contributed by atoms with Gasteiger partial charge in [0.25, 0.3) is 0 Å². The highest BCUT2D eigenvalue weighted by Gasteiger charge is 2.37. The Morgan fingerprint density at radius 1 is 1.06 bits per heavy atom. The Bertz CT molecular complexity index is 1030. The number of alkyl carbamates (subject to hydrolysis) is 1. The molecular formula is C27H32N2O6. The molecule has 1 aliphatic carbocycles. The molecule has 0 aromatic heterocycles. The highest BCUT2D eigenvalue weighted by Crippen LogP contribution is 2.44. The van der Waals surface area contributed by atoms with Gasteiger partial charge in [0.2, 0.25) is 5.91 Å². The Morgan fingerprint density at radius 2 is 1.66 bits per heavy atom. The summed E-state index contributed by atoms with van der Waals surface area (Å²) in [4.78, 5) is 36.4. The third kappa shape index (κ3) is 5.82. The van der Waals surface area contributed by atoms with Crippen LogP contribution >= 0.6 is 0 Å². The number of hydrogen-bond donors (Lipinski definition) is 3. The number of benzene rings is 2. The van der Waals surface area contributed by atoms with Gasteiger partial charge in [0, 0.05) is 31.6 Å². The molecule has 2 aromatic rings. The zero-order chi connectivity index (χ0) is 24.8. The van der Waals surface area contributed by atoms with Crippen LogP contribution in [0.1, 0.15) is 49.7 Å². The van der Waals surface area contributed by atoms with Gasteiger partial charge in [-0.05, 0) is 41.5 Å². The van der Waals surface area contributed by atoms with E-state index in [0.717, 1.165) is 11.1 Å². The molecule has 1 heterocycles. The Kier molecular flexibility index (Phi) is 7.70. The SMILES string of the molecule is CC(CCNC(=O)OCC1c2ccccc2-c2ccccc21)C(=O)NC1(CC(=O)O)CCOCC1. The minimum Gasteiger partial charge on any atom is -0.481 e. The summed E-state index contributed by atoms with van der Waals surface area (Å²) in [6.45, 7) is 3.12. The lowest BCUT2D eigenvalue weighted by molar-refractivity contribution is -0.141. The Balaban J connectivity index is 1.24. The van der Waals surface area contributed by atoms with E-state index in [1.54, 1.807) is 6.92 Å². The van der Waals surface area contributed by atoms with Crippen molar-refractivity contribution in [2.45, 2.75) is 44.1 Å². The topological polar surface area (TPSA) is 114 Å². The summed E-state index contributed by atoms with van der Waals surface area (Å²) in [6, 6.07) is 16.3. The van der Waals surface area contributed by atoms with Crippen molar-refractivity contribution in [3.8, 4) is 11.1 Å². The molecule has 8 nitrogen and oxygen atoms in total. The monoisotopic (exact) mass is 480 g/mol. The maximum Gasteiger partial charge on any atom is 0.407 e. The predicted molar refractivity (Wildman–Crippen MR) is 130 cm³/mol. The maximum atomic E-state index is 12.7. The Hall–Kier alpha value is -3.39. The fourth-order valence-electron chi connectivity index (χ4n) is 4.95. The quantitative estimate of drug-likeness (QED) is 0.504. The first kappa shape index (κ1) is 24.7. The van der Waals surface area contributed by atoms with Gasteiger partial charge in [-0.25, -0.2) is 4.79 Å². The van der Waals surface area contributed by atoms with E-state index < -0.39 is 23.5 Å². The summed E-state index contributed by atoms with van der Waals surface area (Å²) < 4.78 is 10.9. The van der Waals surface area contributed by atoms with E-state index in [1.807, 2.05) is 24.3 Å². The zero-order valence-corrected chi connectivity index (χ0v) is 19.9. The number of carbonyl (C=O) groups excluding carboxylic acids is 2. The molecular weight excluding hydrogens is 448 g/mol. The van der Waals surface area contributed by atoms with Crippen LogP contribution in [0.4, 0.5) is 4.79 Å². The number of ether oxygens (including phenoxy) is 2. The van der Waals surface area contributed by atoms with Gasteiger partial charge in [0.15, 0.2) is 0 Å². The molecule has 4 rings (SSSR count). The van der Waals surface area contributed by atoms with Crippen LogP contribution in [-0.2, 0) is 19.1 Å². The normalized spacial score (nSPS) is 17.1. The van der Waals surface area contributed by atoms with Crippen molar-refractivity contribution in [3.05, 3.63) is 59.7 Å². The first-order valence-corrected chi connectivity index (χ1v) is 12.1. The third-order valence-electron chi connectivity index (χ3n) is 6.97. The molecule has 1 aliphatic heterocycles. The Labute approximate surface area is 205 Å². The first-order valence-electron chi connectivity index (χ1n) is 12.1. The van der Waals surface area contributed by atoms with E-state index >= 15 is 0 Å². The van der Waals surface area contributed by atoms with Crippen LogP contribution in [0.5, 0.6) is 0 Å². The van der Waals surface area contributed by atoms with Crippen LogP contribution in [0.25, 0.3) is 11.1 Å². The molecule has 1 atom stereocenters. The van der Waals surface area contributed by atoms with Gasteiger partial charge in [-0.2, -0.15) is 0 Å². The van der Waals surface area contributed by atoms with Gasteiger partial charge in [0.05, 0.1) is 12.0 Å². The second kappa shape index (κ2) is 10.9. The first-order chi connectivity index (χ1) is 16.9. The van der Waals surface area contributed by atoms with E-state index in [9.17, 15) is 19.5 Å². The van der Waals surface area contributed by atoms with Crippen LogP contribution in [-0.4, -0.2) is 55.0 Å². The molecule has 35 heavy (non-hydrogen) atoms. The number of carboxylic acid groups (broad SMARTS) is 1. The number of aliphatic carboxylic acids is 1. The molecule has 0 radical (unpaired) electrons. The van der Waals surface area contributed by atoms with E-state index in [0.29, 0.717) is 32.5 Å². The van der Waals surface area contributed by atoms with Crippen molar-refractivity contribution in [2.75, 3.05) is 26.4 Å². The molecule has 2 aliphatic rings. The van der Waals surface area contributed by atoms with Crippen molar-refractivity contribution >= 4 is 18.0 Å². The number of fused-ring (bicyclic) bond motifs is 3. The summed E-state index contributed by atoms with van der Waals surface area (Å²) in [5, 5.41) is 14.9. The average molecular weight is 481 g/mol. The molecule has 8 heteroatoms. The van der Waals surface area contributed by atoms with E-state index in [2.05, 4.69) is 34.9 Å². The largest absolute Gasteiger partial charge is 0.481 e. The standard InChI is InChI=1S/C27H32N2O6/c1-18(25(32)29-27(16-24(30)31)11-14-34-15-12-27)10-13-28-26(33)35-17-23-21-8-4-2-6-19(21)20-7-3-5-9-22(20)23/h2-9,18,23H,10-17H2,1H3,(H,28,33)(H,29,32)(H,30,31). The number of amides is 2. The summed E-state index contributed by atoms with van der Waals surface area (Å²) >= 11 is 0. The highest BCUT2D eigenvalue weighted by molar-refractivity contribution is 5.81. The number of nitrogens with one attached hydrogen (secondary N) is 2. The average Bonchev–Trinajstić information content (AvgIpc) is 3.16. The lowest BCUT2D eigenvalue weighted by Gasteiger charge is -2.37. The minimum absolute atomic E-state index is 0.0113. The van der Waals surface area contributed by atoms with Gasteiger partial charge in [-0.15, -0.1) is 0 Å². The van der Waals surface area contributed by atoms with Gasteiger partial charge in [0.1, 0.15) is 6.61 Å². The molecule has 1 fully saturated rings. The van der Waals surface area contributed by atoms with Crippen LogP contribution in [0.15, 0.2) is 48.5 Å². The van der Waals surface area contributed by atoms with Gasteiger partial charge < -0.3 is 25.2 Å². The smallest absolute Gasteiger partial charge is 0.407 e. The van der Waals surface area contributed by atoms with Crippen molar-refractivity contribution in [2.24, 2.45) is 5.92 Å². The molecule has 186 valence electrons. The van der Waals surface area contributed by atoms with Crippen LogP contribution < -0.4 is 10.6 Å². The lowest BCUT2D eigenvalue weighted by atomic mass is 9.85. The molecule has 1 saturated heterocycles. The fourth-order valence-corrected chi connectivity index (χ4v) is 4.95. The third-order valence-corrected chi connectivity index (χ3v) is 6.97. The predicted octanol–water partition coefficient (Wildman–Crippen LogP) is 3.69. The van der Waals surface area contributed by atoms with Gasteiger partial charge in [-0.1, -0.05) is 55.5 Å². The second-order valence-corrected chi connectivity index (χ2v) is 9.39. The van der Waals surface area contributed by atoms with Crippen LogP contribution in [0.3, 0.4) is 0 Å². The van der Waals surface area contributed by atoms with Crippen molar-refractivity contribution in [1.29, 1.82) is 0 Å². The number of hydrogen-bond acceptors (Lipinski definition) is 5. The van der Waals surface area contributed by atoms with Crippen LogP contribution in [0, 0.1) is 5.92 Å². The van der Waals surface area contributed by atoms with Crippen molar-refractivity contribution in [3.63, 3.8) is 0 Å². The molecule has 2 amide bonds. The van der Waals surface area contributed by atoms with Gasteiger partial charge >= 0.3 is 12.1 Å². The maximum absolute atomic E-state index is 12.7. The van der Waals surface area contributed by atoms with E-state index in [4.69, 9.17) is 9.47 Å². The molecule has 3 N–H and O–H groups in total. The Morgan fingerprint density at radius 3 is 2.26 bits per heavy atom. The minimum atomic E-state index is -0.947. The van der Waals surface area contributed by atoms with Gasteiger partial charge in [-0.3, -0.25) is 9.59 Å². The number of carbonyl (C=O) groups is 3.